The van der Waals surface area contributed by atoms with Crippen molar-refractivity contribution in [1.29, 1.82) is 0 Å². The van der Waals surface area contributed by atoms with Crippen LogP contribution in [0, 0.1) is 0 Å². The van der Waals surface area contributed by atoms with Crippen LogP contribution in [-0.4, -0.2) is 90.2 Å². The maximum atomic E-state index is 13.2. The molecule has 0 aliphatic carbocycles. The number of hydrogen-bond acceptors (Lipinski definition) is 9. The summed E-state index contributed by atoms with van der Waals surface area (Å²) in [5, 5.41) is 33.1. The Hall–Kier alpha value is -1.06. The molecule has 182 valence electrons. The molecule has 0 heterocycles. The van der Waals surface area contributed by atoms with E-state index >= 15 is 0 Å². The molecule has 0 unspecified atom stereocenters. The average Bonchev–Trinajstić information content (AvgIpc) is 2.41. The van der Waals surface area contributed by atoms with Crippen molar-refractivity contribution in [3.8, 4) is 0 Å². The van der Waals surface area contributed by atoms with Gasteiger partial charge in [-0.1, -0.05) is 0 Å². The molecule has 0 aliphatic heterocycles. The fourth-order valence-electron chi connectivity index (χ4n) is 1.28. The van der Waals surface area contributed by atoms with Gasteiger partial charge in [-0.3, -0.25) is 0 Å². The first-order chi connectivity index (χ1) is 13.2. The van der Waals surface area contributed by atoms with Gasteiger partial charge < -0.3 is 29.9 Å². The number of alkyl halides is 10. The molecule has 0 bridgehead atoms. The summed E-state index contributed by atoms with van der Waals surface area (Å²) in [6.45, 7) is -7.09. The second-order valence-electron chi connectivity index (χ2n) is 5.07. The zero-order valence-corrected chi connectivity index (χ0v) is 14.1. The highest BCUT2D eigenvalue weighted by Crippen LogP contribution is 2.44. The molecule has 0 aromatic rings. The van der Waals surface area contributed by atoms with Crippen molar-refractivity contribution in [2.75, 3.05) is 26.4 Å². The lowest BCUT2D eigenvalue weighted by Gasteiger charge is -2.31. The predicted octanol–water partition coefficient (Wildman–Crippen LogP) is 0.612. The van der Waals surface area contributed by atoms with Crippen molar-refractivity contribution in [3.63, 3.8) is 0 Å². The quantitative estimate of drug-likeness (QED) is 0.197. The molecule has 0 atom stereocenters. The molecule has 0 aromatic heterocycles. The lowest BCUT2D eigenvalue weighted by Crippen LogP contribution is -2.54. The van der Waals surface area contributed by atoms with Gasteiger partial charge in [0, 0.05) is 0 Å². The summed E-state index contributed by atoms with van der Waals surface area (Å²) in [6.07, 6.45) is -34.7. The largest absolute Gasteiger partial charge is 0.495 e. The smallest absolute Gasteiger partial charge is 0.367 e. The number of aliphatic hydroxyl groups excluding tert-OH is 2. The van der Waals surface area contributed by atoms with Crippen LogP contribution in [0.3, 0.4) is 0 Å². The molecule has 19 heteroatoms. The van der Waals surface area contributed by atoms with E-state index in [4.69, 9.17) is 20.4 Å². The normalized spacial score (nSPS) is 14.8. The van der Waals surface area contributed by atoms with Crippen molar-refractivity contribution in [3.05, 3.63) is 0 Å². The van der Waals surface area contributed by atoms with Crippen LogP contribution in [-0.2, 0) is 23.7 Å². The van der Waals surface area contributed by atoms with Crippen LogP contribution in [0.5, 0.6) is 0 Å². The van der Waals surface area contributed by atoms with Crippen molar-refractivity contribution < 1.29 is 88.0 Å². The highest BCUT2D eigenvalue weighted by molar-refractivity contribution is 4.71. The zero-order chi connectivity index (χ0) is 24.0. The predicted molar refractivity (Wildman–Crippen MR) is 66.1 cm³/mol. The number of aliphatic hydroxyl groups is 4. The first-order valence-corrected chi connectivity index (χ1v) is 7.08. The molecule has 0 spiro atoms. The fourth-order valence-corrected chi connectivity index (χ4v) is 1.28. The van der Waals surface area contributed by atoms with Gasteiger partial charge in [0.25, 0.3) is 0 Å². The summed E-state index contributed by atoms with van der Waals surface area (Å²) in [4.78, 5) is 0. The van der Waals surface area contributed by atoms with Gasteiger partial charge in [-0.2, -0.15) is 35.1 Å². The minimum Gasteiger partial charge on any atom is -0.367 e. The van der Waals surface area contributed by atoms with E-state index in [1.165, 1.54) is 0 Å². The molecule has 0 fully saturated rings. The first-order valence-electron chi connectivity index (χ1n) is 7.08. The highest BCUT2D eigenvalue weighted by Gasteiger charge is 2.68. The zero-order valence-electron chi connectivity index (χ0n) is 14.1. The molecule has 9 nitrogen and oxygen atoms in total. The van der Waals surface area contributed by atoms with Gasteiger partial charge in [0.2, 0.25) is 0 Å². The third kappa shape index (κ3) is 11.4. The van der Waals surface area contributed by atoms with E-state index in [9.17, 15) is 43.9 Å². The molecule has 0 saturated heterocycles. The summed E-state index contributed by atoms with van der Waals surface area (Å²) in [5.41, 5.74) is 0. The summed E-state index contributed by atoms with van der Waals surface area (Å²) in [7, 11) is 0. The van der Waals surface area contributed by atoms with Crippen LogP contribution >= 0.6 is 0 Å². The minimum atomic E-state index is -6.69. The standard InChI is InChI=1S/C11H14F10O9/c12-7(13,3-26-1-5(22)23)28-9(16,17)10(18,19)30-11(20,21)29-8(14,15)4-27-2-6(24)25/h5-6,22-25H,1-4H2. The van der Waals surface area contributed by atoms with Gasteiger partial charge in [0.05, 0.1) is 13.2 Å². The number of ether oxygens (including phenoxy) is 5. The van der Waals surface area contributed by atoms with E-state index < -0.39 is 69.7 Å². The van der Waals surface area contributed by atoms with Crippen LogP contribution in [0.25, 0.3) is 0 Å². The van der Waals surface area contributed by atoms with E-state index in [2.05, 4.69) is 23.7 Å². The van der Waals surface area contributed by atoms with Crippen molar-refractivity contribution >= 4 is 0 Å². The summed E-state index contributed by atoms with van der Waals surface area (Å²) in [6, 6.07) is 0. The van der Waals surface area contributed by atoms with Gasteiger partial charge in [0.1, 0.15) is 13.2 Å². The summed E-state index contributed by atoms with van der Waals surface area (Å²) < 4.78 is 145. The highest BCUT2D eigenvalue weighted by atomic mass is 19.3. The molecular formula is C11H14F10O9. The Morgan fingerprint density at radius 3 is 1.23 bits per heavy atom. The molecule has 0 rings (SSSR count). The second-order valence-corrected chi connectivity index (χ2v) is 5.07. The van der Waals surface area contributed by atoms with Gasteiger partial charge in [-0.25, -0.2) is 14.2 Å². The molecule has 0 radical (unpaired) electrons. The van der Waals surface area contributed by atoms with Crippen LogP contribution in [0.4, 0.5) is 43.9 Å². The van der Waals surface area contributed by atoms with Gasteiger partial charge in [0.15, 0.2) is 12.6 Å². The number of halogens is 10. The van der Waals surface area contributed by atoms with Crippen molar-refractivity contribution in [1.82, 2.24) is 0 Å². The van der Waals surface area contributed by atoms with Gasteiger partial charge in [-0.15, -0.1) is 8.78 Å². The third-order valence-electron chi connectivity index (χ3n) is 2.21. The fraction of sp³-hybridized carbons (Fsp3) is 1.00. The Labute approximate surface area is 159 Å². The topological polar surface area (TPSA) is 127 Å². The van der Waals surface area contributed by atoms with E-state index in [-0.39, 0.29) is 0 Å². The molecule has 4 N–H and O–H groups in total. The third-order valence-corrected chi connectivity index (χ3v) is 2.21. The Morgan fingerprint density at radius 1 is 0.533 bits per heavy atom. The van der Waals surface area contributed by atoms with Gasteiger partial charge in [-0.05, 0) is 0 Å². The second kappa shape index (κ2) is 10.5. The Balaban J connectivity index is 5.04. The average molecular weight is 480 g/mol. The molecule has 0 aromatic carbocycles. The molecule has 0 aliphatic rings. The number of hydrogen-bond donors (Lipinski definition) is 4. The maximum absolute atomic E-state index is 13.2. The SMILES string of the molecule is OC(O)COCC(F)(F)OC(F)(F)OC(F)(F)C(F)(F)OC(F)(F)COCC(O)O. The first kappa shape index (κ1) is 28.9. The lowest BCUT2D eigenvalue weighted by atomic mass is 10.5. The van der Waals surface area contributed by atoms with Gasteiger partial charge >= 0.3 is 30.7 Å². The number of rotatable bonds is 15. The Morgan fingerprint density at radius 2 is 0.867 bits per heavy atom. The lowest BCUT2D eigenvalue weighted by molar-refractivity contribution is -0.566. The van der Waals surface area contributed by atoms with E-state index in [1.54, 1.807) is 0 Å². The van der Waals surface area contributed by atoms with Crippen LogP contribution in [0.2, 0.25) is 0 Å². The van der Waals surface area contributed by atoms with Crippen molar-refractivity contribution in [2.24, 2.45) is 0 Å². The Bertz CT molecular complexity index is 518. The molecular weight excluding hydrogens is 466 g/mol. The van der Waals surface area contributed by atoms with E-state index in [1.807, 2.05) is 0 Å². The van der Waals surface area contributed by atoms with Crippen LogP contribution < -0.4 is 0 Å². The molecule has 0 amide bonds. The van der Waals surface area contributed by atoms with Crippen molar-refractivity contribution in [2.45, 2.75) is 43.3 Å². The van der Waals surface area contributed by atoms with Crippen LogP contribution in [0.1, 0.15) is 0 Å². The summed E-state index contributed by atoms with van der Waals surface area (Å²) >= 11 is 0. The van der Waals surface area contributed by atoms with E-state index in [0.717, 1.165) is 0 Å². The maximum Gasteiger partial charge on any atom is 0.495 e. The monoisotopic (exact) mass is 480 g/mol. The summed E-state index contributed by atoms with van der Waals surface area (Å²) in [5.74, 6) is 0. The molecule has 0 saturated carbocycles. The molecule has 30 heavy (non-hydrogen) atoms. The minimum absolute atomic E-state index is 1.28. The van der Waals surface area contributed by atoms with E-state index in [0.29, 0.717) is 0 Å². The van der Waals surface area contributed by atoms with Crippen LogP contribution in [0.15, 0.2) is 0 Å². The Kier molecular flexibility index (Phi) is 10.1.